The summed E-state index contributed by atoms with van der Waals surface area (Å²) >= 11 is 0. The smallest absolute Gasteiger partial charge is 0.325 e. The Hall–Kier alpha value is -3.36. The number of carboxylic acid groups (broad SMARTS) is 1. The van der Waals surface area contributed by atoms with E-state index in [1.54, 1.807) is 23.1 Å². The Kier molecular flexibility index (Phi) is 5.16. The first-order valence-electron chi connectivity index (χ1n) is 8.09. The van der Waals surface area contributed by atoms with Crippen LogP contribution in [0, 0.1) is 0 Å². The number of hydrogen-bond acceptors (Lipinski definition) is 5. The second kappa shape index (κ2) is 7.68. The van der Waals surface area contributed by atoms with Gasteiger partial charge in [0.15, 0.2) is 12.4 Å². The standard InChI is InChI=1S/C17H18N4O5/c22-15(18-14-6-8-20(19-14)10-17(24)25)11-26-13-4-1-3-12(9-13)21-7-2-5-16(21)23/h1,3-4,6,8-9H,2,5,7,10-11H2,(H,24,25)(H,18,19,22). The monoisotopic (exact) mass is 358 g/mol. The van der Waals surface area contributed by atoms with E-state index < -0.39 is 11.9 Å². The molecule has 1 aromatic heterocycles. The topological polar surface area (TPSA) is 114 Å². The van der Waals surface area contributed by atoms with Gasteiger partial charge in [-0.3, -0.25) is 19.1 Å². The fourth-order valence-electron chi connectivity index (χ4n) is 2.65. The van der Waals surface area contributed by atoms with Crippen molar-refractivity contribution in [2.24, 2.45) is 0 Å². The minimum absolute atomic E-state index is 0.0804. The normalized spacial score (nSPS) is 13.7. The van der Waals surface area contributed by atoms with Gasteiger partial charge in [-0.05, 0) is 18.6 Å². The molecule has 2 amide bonds. The quantitative estimate of drug-likeness (QED) is 0.766. The molecule has 1 aromatic carbocycles. The van der Waals surface area contributed by atoms with Crippen LogP contribution in [-0.2, 0) is 20.9 Å². The summed E-state index contributed by atoms with van der Waals surface area (Å²) in [6, 6.07) is 8.52. The van der Waals surface area contributed by atoms with Gasteiger partial charge < -0.3 is 20.1 Å². The van der Waals surface area contributed by atoms with E-state index in [1.807, 2.05) is 6.07 Å². The van der Waals surface area contributed by atoms with Gasteiger partial charge in [-0.2, -0.15) is 5.10 Å². The van der Waals surface area contributed by atoms with Crippen molar-refractivity contribution < 1.29 is 24.2 Å². The molecular formula is C17H18N4O5. The second-order valence-corrected chi connectivity index (χ2v) is 5.78. The van der Waals surface area contributed by atoms with Crippen LogP contribution in [0.2, 0.25) is 0 Å². The molecule has 136 valence electrons. The third-order valence-corrected chi connectivity index (χ3v) is 3.78. The summed E-state index contributed by atoms with van der Waals surface area (Å²) in [4.78, 5) is 36.1. The van der Waals surface area contributed by atoms with E-state index in [1.165, 1.54) is 16.9 Å². The van der Waals surface area contributed by atoms with Crippen molar-refractivity contribution in [3.8, 4) is 5.75 Å². The van der Waals surface area contributed by atoms with Gasteiger partial charge in [0, 0.05) is 37.0 Å². The van der Waals surface area contributed by atoms with Crippen molar-refractivity contribution in [2.45, 2.75) is 19.4 Å². The van der Waals surface area contributed by atoms with Crippen molar-refractivity contribution in [1.82, 2.24) is 9.78 Å². The van der Waals surface area contributed by atoms with E-state index >= 15 is 0 Å². The van der Waals surface area contributed by atoms with Gasteiger partial charge in [0.05, 0.1) is 0 Å². The van der Waals surface area contributed by atoms with Crippen LogP contribution in [0.5, 0.6) is 5.75 Å². The van der Waals surface area contributed by atoms with Crippen LogP contribution >= 0.6 is 0 Å². The number of aliphatic carboxylic acids is 1. The van der Waals surface area contributed by atoms with Crippen molar-refractivity contribution in [1.29, 1.82) is 0 Å². The van der Waals surface area contributed by atoms with Gasteiger partial charge in [-0.15, -0.1) is 0 Å². The van der Waals surface area contributed by atoms with Crippen LogP contribution in [0.1, 0.15) is 12.8 Å². The lowest BCUT2D eigenvalue weighted by molar-refractivity contribution is -0.137. The molecule has 1 fully saturated rings. The zero-order valence-electron chi connectivity index (χ0n) is 13.9. The molecule has 0 aliphatic carbocycles. The van der Waals surface area contributed by atoms with Crippen LogP contribution in [0.15, 0.2) is 36.5 Å². The molecule has 2 aromatic rings. The summed E-state index contributed by atoms with van der Waals surface area (Å²) in [5, 5.41) is 15.1. The molecule has 1 aliphatic rings. The van der Waals surface area contributed by atoms with Crippen LogP contribution in [0.25, 0.3) is 0 Å². The summed E-state index contributed by atoms with van der Waals surface area (Å²) in [5.74, 6) is -0.638. The number of carbonyl (C=O) groups excluding carboxylic acids is 2. The van der Waals surface area contributed by atoms with Gasteiger partial charge in [0.25, 0.3) is 5.91 Å². The number of amides is 2. The first-order chi connectivity index (χ1) is 12.5. The number of nitrogens with one attached hydrogen (secondary N) is 1. The maximum Gasteiger partial charge on any atom is 0.325 e. The summed E-state index contributed by atoms with van der Waals surface area (Å²) in [6.45, 7) is 0.166. The molecule has 1 aliphatic heterocycles. The molecule has 0 atom stereocenters. The Morgan fingerprint density at radius 1 is 1.31 bits per heavy atom. The Bertz CT molecular complexity index is 832. The molecular weight excluding hydrogens is 340 g/mol. The van der Waals surface area contributed by atoms with Gasteiger partial charge in [-0.1, -0.05) is 6.07 Å². The second-order valence-electron chi connectivity index (χ2n) is 5.78. The average molecular weight is 358 g/mol. The maximum atomic E-state index is 11.9. The number of rotatable bonds is 7. The SMILES string of the molecule is O=C(O)Cn1ccc(NC(=O)COc2cccc(N3CCCC3=O)c2)n1. The molecule has 3 rings (SSSR count). The molecule has 2 N–H and O–H groups in total. The summed E-state index contributed by atoms with van der Waals surface area (Å²) in [7, 11) is 0. The average Bonchev–Trinajstić information content (AvgIpc) is 3.21. The lowest BCUT2D eigenvalue weighted by atomic mass is 10.3. The van der Waals surface area contributed by atoms with E-state index in [0.29, 0.717) is 18.7 Å². The zero-order chi connectivity index (χ0) is 18.5. The fourth-order valence-corrected chi connectivity index (χ4v) is 2.65. The van der Waals surface area contributed by atoms with Crippen LogP contribution < -0.4 is 15.0 Å². The number of hydrogen-bond donors (Lipinski definition) is 2. The number of carboxylic acids is 1. The van der Waals surface area contributed by atoms with E-state index in [2.05, 4.69) is 10.4 Å². The summed E-state index contributed by atoms with van der Waals surface area (Å²) in [6.07, 6.45) is 2.84. The van der Waals surface area contributed by atoms with Gasteiger partial charge in [-0.25, -0.2) is 0 Å². The van der Waals surface area contributed by atoms with E-state index in [-0.39, 0.29) is 24.9 Å². The number of benzene rings is 1. The highest BCUT2D eigenvalue weighted by Crippen LogP contribution is 2.25. The first-order valence-corrected chi connectivity index (χ1v) is 8.09. The summed E-state index contributed by atoms with van der Waals surface area (Å²) < 4.78 is 6.67. The highest BCUT2D eigenvalue weighted by atomic mass is 16.5. The van der Waals surface area contributed by atoms with Gasteiger partial charge >= 0.3 is 5.97 Å². The van der Waals surface area contributed by atoms with E-state index in [4.69, 9.17) is 9.84 Å². The maximum absolute atomic E-state index is 11.9. The lowest BCUT2D eigenvalue weighted by Crippen LogP contribution is -2.24. The molecule has 1 saturated heterocycles. The predicted molar refractivity (Wildman–Crippen MR) is 92.0 cm³/mol. The lowest BCUT2D eigenvalue weighted by Gasteiger charge is -2.16. The Morgan fingerprint density at radius 3 is 2.88 bits per heavy atom. The third-order valence-electron chi connectivity index (χ3n) is 3.78. The first kappa shape index (κ1) is 17.5. The van der Waals surface area contributed by atoms with Crippen LogP contribution in [0.3, 0.4) is 0 Å². The Labute approximate surface area is 149 Å². The highest BCUT2D eigenvalue weighted by molar-refractivity contribution is 5.95. The van der Waals surface area contributed by atoms with Crippen molar-refractivity contribution in [3.63, 3.8) is 0 Å². The largest absolute Gasteiger partial charge is 0.484 e. The predicted octanol–water partition coefficient (Wildman–Crippen LogP) is 1.11. The molecule has 0 unspecified atom stereocenters. The Morgan fingerprint density at radius 2 is 2.15 bits per heavy atom. The fraction of sp³-hybridized carbons (Fsp3) is 0.294. The number of aromatic nitrogens is 2. The molecule has 9 heteroatoms. The molecule has 0 bridgehead atoms. The van der Waals surface area contributed by atoms with E-state index in [9.17, 15) is 14.4 Å². The molecule has 0 spiro atoms. The van der Waals surface area contributed by atoms with Crippen LogP contribution in [0.4, 0.5) is 11.5 Å². The summed E-state index contributed by atoms with van der Waals surface area (Å²) in [5.41, 5.74) is 0.748. The van der Waals surface area contributed by atoms with Gasteiger partial charge in [0.2, 0.25) is 5.91 Å². The zero-order valence-corrected chi connectivity index (χ0v) is 13.9. The third kappa shape index (κ3) is 4.38. The molecule has 2 heterocycles. The number of carbonyl (C=O) groups is 3. The minimum atomic E-state index is -1.02. The van der Waals surface area contributed by atoms with Crippen molar-refractivity contribution in [2.75, 3.05) is 23.4 Å². The van der Waals surface area contributed by atoms with Crippen molar-refractivity contribution >= 4 is 29.3 Å². The van der Waals surface area contributed by atoms with Gasteiger partial charge in [0.1, 0.15) is 12.3 Å². The molecule has 0 saturated carbocycles. The molecule has 9 nitrogen and oxygen atoms in total. The van der Waals surface area contributed by atoms with E-state index in [0.717, 1.165) is 12.1 Å². The van der Waals surface area contributed by atoms with Crippen molar-refractivity contribution in [3.05, 3.63) is 36.5 Å². The Balaban J connectivity index is 1.53. The van der Waals surface area contributed by atoms with Crippen LogP contribution in [-0.4, -0.2) is 45.8 Å². The number of nitrogens with zero attached hydrogens (tertiary/aromatic N) is 3. The molecule has 26 heavy (non-hydrogen) atoms. The number of ether oxygens (including phenoxy) is 1. The minimum Gasteiger partial charge on any atom is -0.484 e. The molecule has 0 radical (unpaired) electrons. The highest BCUT2D eigenvalue weighted by Gasteiger charge is 2.21. The number of anilines is 2.